The lowest BCUT2D eigenvalue weighted by Crippen LogP contribution is -2.08. The number of para-hydroxylation sites is 4. The Labute approximate surface area is 296 Å². The van der Waals surface area contributed by atoms with Crippen LogP contribution >= 0.6 is 11.3 Å². The standard InChI is InChI=1S/C45H29N5S/c46-36-15-7-4-14-32(36)43(28-19-21-40-33(23-28)30-12-5-8-16-38(30)49(40)29-10-2-1-3-11-29)47-25-27-18-20-41-35(22-27)42-44-34(24-37-45(42)51-26-48-37)31-13-6-9-17-39(31)50(41)44/h1-24,26H,25,46H2. The number of hydrogen-bond donors (Lipinski definition) is 1. The van der Waals surface area contributed by atoms with Crippen LogP contribution in [-0.2, 0) is 6.54 Å². The zero-order valence-corrected chi connectivity index (χ0v) is 28.2. The summed E-state index contributed by atoms with van der Waals surface area (Å²) in [5.41, 5.74) is 21.6. The van der Waals surface area contributed by atoms with Gasteiger partial charge in [0, 0.05) is 54.8 Å². The van der Waals surface area contributed by atoms with Gasteiger partial charge in [0.2, 0.25) is 0 Å². The van der Waals surface area contributed by atoms with Crippen LogP contribution in [0.5, 0.6) is 0 Å². The molecule has 240 valence electrons. The monoisotopic (exact) mass is 671 g/mol. The normalized spacial score (nSPS) is 12.6. The predicted octanol–water partition coefficient (Wildman–Crippen LogP) is 11.2. The molecule has 6 heteroatoms. The molecule has 0 fully saturated rings. The van der Waals surface area contributed by atoms with Gasteiger partial charge in [0.05, 0.1) is 55.6 Å². The van der Waals surface area contributed by atoms with Crippen molar-refractivity contribution in [3.8, 4) is 5.69 Å². The molecule has 0 aliphatic rings. The lowest BCUT2D eigenvalue weighted by Gasteiger charge is -2.12. The van der Waals surface area contributed by atoms with Crippen molar-refractivity contribution in [2.45, 2.75) is 6.54 Å². The van der Waals surface area contributed by atoms with Crippen molar-refractivity contribution in [1.82, 2.24) is 14.0 Å². The first-order valence-electron chi connectivity index (χ1n) is 17.1. The molecule has 7 aromatic carbocycles. The number of thiazole rings is 1. The minimum absolute atomic E-state index is 0.512. The Kier molecular flexibility index (Phi) is 5.97. The summed E-state index contributed by atoms with van der Waals surface area (Å²) in [5, 5.41) is 7.41. The van der Waals surface area contributed by atoms with Crippen LogP contribution in [0.4, 0.5) is 5.69 Å². The third-order valence-electron chi connectivity index (χ3n) is 10.4. The summed E-state index contributed by atoms with van der Waals surface area (Å²) >= 11 is 1.71. The molecule has 0 atom stereocenters. The van der Waals surface area contributed by atoms with Gasteiger partial charge in [0.15, 0.2) is 0 Å². The summed E-state index contributed by atoms with van der Waals surface area (Å²) in [6.07, 6.45) is 0. The summed E-state index contributed by atoms with van der Waals surface area (Å²) < 4.78 is 6.00. The molecular weight excluding hydrogens is 643 g/mol. The molecule has 2 N–H and O–H groups in total. The average Bonchev–Trinajstić information content (AvgIpc) is 3.94. The van der Waals surface area contributed by atoms with E-state index in [2.05, 4.69) is 136 Å². The number of benzene rings is 7. The molecule has 0 radical (unpaired) electrons. The molecule has 0 aliphatic heterocycles. The van der Waals surface area contributed by atoms with Crippen molar-refractivity contribution in [1.29, 1.82) is 0 Å². The van der Waals surface area contributed by atoms with Gasteiger partial charge >= 0.3 is 0 Å². The number of nitrogens with zero attached hydrogens (tertiary/aromatic N) is 4. The fraction of sp³-hybridized carbons (Fsp3) is 0.0222. The topological polar surface area (TPSA) is 60.6 Å². The van der Waals surface area contributed by atoms with E-state index in [1.165, 1.54) is 59.1 Å². The van der Waals surface area contributed by atoms with Crippen molar-refractivity contribution < 1.29 is 0 Å². The fourth-order valence-electron chi connectivity index (χ4n) is 8.21. The number of fused-ring (bicyclic) bond motifs is 11. The largest absolute Gasteiger partial charge is 0.398 e. The van der Waals surface area contributed by atoms with Gasteiger partial charge < -0.3 is 14.7 Å². The van der Waals surface area contributed by atoms with Crippen molar-refractivity contribution in [2.24, 2.45) is 4.99 Å². The maximum Gasteiger partial charge on any atom is 0.0826 e. The van der Waals surface area contributed by atoms with Crippen molar-refractivity contribution in [3.05, 3.63) is 168 Å². The van der Waals surface area contributed by atoms with Crippen LogP contribution in [0, 0.1) is 0 Å². The summed E-state index contributed by atoms with van der Waals surface area (Å²) in [6.45, 7) is 0.512. The zero-order valence-electron chi connectivity index (χ0n) is 27.4. The molecule has 0 aliphatic carbocycles. The number of nitrogen functional groups attached to an aromatic ring is 1. The summed E-state index contributed by atoms with van der Waals surface area (Å²) in [6, 6.07) is 51.7. The van der Waals surface area contributed by atoms with Gasteiger partial charge in [-0.2, -0.15) is 0 Å². The highest BCUT2D eigenvalue weighted by Crippen LogP contribution is 2.44. The number of aromatic nitrogens is 3. The Morgan fingerprint density at radius 1 is 0.627 bits per heavy atom. The number of nitrogens with two attached hydrogens (primary N) is 1. The van der Waals surface area contributed by atoms with Gasteiger partial charge in [-0.15, -0.1) is 11.3 Å². The molecule has 4 heterocycles. The minimum Gasteiger partial charge on any atom is -0.398 e. The van der Waals surface area contributed by atoms with Gasteiger partial charge in [-0.25, -0.2) is 4.98 Å². The van der Waals surface area contributed by atoms with Gasteiger partial charge in [-0.3, -0.25) is 4.99 Å². The fourth-order valence-corrected chi connectivity index (χ4v) is 9.04. The molecule has 4 aromatic heterocycles. The second-order valence-electron chi connectivity index (χ2n) is 13.2. The molecule has 5 nitrogen and oxygen atoms in total. The van der Waals surface area contributed by atoms with Crippen LogP contribution in [0.15, 0.2) is 156 Å². The van der Waals surface area contributed by atoms with E-state index in [-0.39, 0.29) is 0 Å². The van der Waals surface area contributed by atoms with Crippen molar-refractivity contribution >= 4 is 92.9 Å². The van der Waals surface area contributed by atoms with E-state index >= 15 is 0 Å². The predicted molar refractivity (Wildman–Crippen MR) is 215 cm³/mol. The van der Waals surface area contributed by atoms with E-state index in [1.807, 2.05) is 23.7 Å². The molecule has 0 saturated heterocycles. The smallest absolute Gasteiger partial charge is 0.0826 e. The Morgan fingerprint density at radius 2 is 1.33 bits per heavy atom. The SMILES string of the molecule is Nc1ccccc1C(=NCc1ccc2c(c1)c1c3scnc3cc3c4ccccc4n2c31)c1ccc2c(c1)c1ccccc1n2-c1ccccc1. The quantitative estimate of drug-likeness (QED) is 0.146. The summed E-state index contributed by atoms with van der Waals surface area (Å²) in [5.74, 6) is 0. The average molecular weight is 672 g/mol. The van der Waals surface area contributed by atoms with Crippen molar-refractivity contribution in [2.75, 3.05) is 5.73 Å². The van der Waals surface area contributed by atoms with E-state index in [1.54, 1.807) is 11.3 Å². The van der Waals surface area contributed by atoms with E-state index in [9.17, 15) is 0 Å². The van der Waals surface area contributed by atoms with E-state index < -0.39 is 0 Å². The van der Waals surface area contributed by atoms with Crippen LogP contribution in [0.1, 0.15) is 16.7 Å². The Hall–Kier alpha value is -6.50. The zero-order chi connectivity index (χ0) is 33.6. The number of rotatable bonds is 5. The number of aliphatic imine (C=N–C) groups is 1. The second kappa shape index (κ2) is 10.7. The van der Waals surface area contributed by atoms with Crippen LogP contribution in [0.2, 0.25) is 0 Å². The first kappa shape index (κ1) is 28.3. The van der Waals surface area contributed by atoms with Gasteiger partial charge in [-0.05, 0) is 66.2 Å². The van der Waals surface area contributed by atoms with E-state index in [0.717, 1.165) is 39.1 Å². The van der Waals surface area contributed by atoms with E-state index in [4.69, 9.17) is 15.7 Å². The van der Waals surface area contributed by atoms with Crippen LogP contribution in [0.25, 0.3) is 75.8 Å². The Morgan fingerprint density at radius 3 is 2.20 bits per heavy atom. The van der Waals surface area contributed by atoms with Crippen LogP contribution < -0.4 is 5.73 Å². The molecule has 0 unspecified atom stereocenters. The lowest BCUT2D eigenvalue weighted by atomic mass is 9.98. The number of hydrogen-bond acceptors (Lipinski definition) is 4. The molecule has 11 aromatic rings. The van der Waals surface area contributed by atoms with Gasteiger partial charge in [-0.1, -0.05) is 84.9 Å². The molecule has 0 amide bonds. The first-order chi connectivity index (χ1) is 25.2. The van der Waals surface area contributed by atoms with Crippen LogP contribution in [-0.4, -0.2) is 19.7 Å². The molecule has 51 heavy (non-hydrogen) atoms. The Bertz CT molecular complexity index is 3180. The Balaban J connectivity index is 1.10. The third-order valence-corrected chi connectivity index (χ3v) is 11.3. The highest BCUT2D eigenvalue weighted by atomic mass is 32.1. The maximum atomic E-state index is 6.66. The second-order valence-corrected chi connectivity index (χ2v) is 14.1. The maximum absolute atomic E-state index is 6.66. The molecule has 0 saturated carbocycles. The summed E-state index contributed by atoms with van der Waals surface area (Å²) in [4.78, 5) is 10.1. The highest BCUT2D eigenvalue weighted by molar-refractivity contribution is 7.18. The molecule has 0 bridgehead atoms. The molecular formula is C45H29N5S. The van der Waals surface area contributed by atoms with Crippen LogP contribution in [0.3, 0.4) is 0 Å². The third kappa shape index (κ3) is 4.08. The van der Waals surface area contributed by atoms with Crippen molar-refractivity contribution in [3.63, 3.8) is 0 Å². The van der Waals surface area contributed by atoms with Gasteiger partial charge in [0.25, 0.3) is 0 Å². The van der Waals surface area contributed by atoms with Gasteiger partial charge in [0.1, 0.15) is 0 Å². The number of anilines is 1. The molecule has 0 spiro atoms. The highest BCUT2D eigenvalue weighted by Gasteiger charge is 2.21. The lowest BCUT2D eigenvalue weighted by molar-refractivity contribution is 1.07. The summed E-state index contributed by atoms with van der Waals surface area (Å²) in [7, 11) is 0. The first-order valence-corrected chi connectivity index (χ1v) is 18.0. The minimum atomic E-state index is 0.512. The molecule has 11 rings (SSSR count). The van der Waals surface area contributed by atoms with E-state index in [0.29, 0.717) is 12.2 Å².